The molecule has 9 heavy (non-hydrogen) atoms. The van der Waals surface area contributed by atoms with Crippen LogP contribution in [0.3, 0.4) is 0 Å². The molecule has 0 saturated carbocycles. The van der Waals surface area contributed by atoms with E-state index in [2.05, 4.69) is 0 Å². The summed E-state index contributed by atoms with van der Waals surface area (Å²) in [4.78, 5) is 18.1. The zero-order chi connectivity index (χ0) is 7.15. The number of hydrogen-bond donors (Lipinski definition) is 0. The van der Waals surface area contributed by atoms with E-state index < -0.39 is 16.1 Å². The second-order valence-electron chi connectivity index (χ2n) is 0.983. The normalized spacial score (nSPS) is 13.8. The minimum absolute atomic E-state index is 0. The van der Waals surface area contributed by atoms with E-state index in [-0.39, 0.29) is 23.1 Å². The minimum atomic E-state index is -2.38. The Hall–Kier alpha value is 1.15. The molecule has 4 nitrogen and oxygen atoms in total. The molecular weight excluding hydrogens is 174 g/mol. The first-order valence-corrected chi connectivity index (χ1v) is 5.45. The van der Waals surface area contributed by atoms with E-state index in [1.165, 1.54) is 0 Å². The van der Waals surface area contributed by atoms with Crippen molar-refractivity contribution in [3.8, 4) is 0 Å². The third kappa shape index (κ3) is 356. The van der Waals surface area contributed by atoms with Gasteiger partial charge in [-0.25, -0.2) is 0 Å². The molecule has 0 amide bonds. The third-order valence-electron chi connectivity index (χ3n) is 0. The summed E-state index contributed by atoms with van der Waals surface area (Å²) >= 11 is 0. The van der Waals surface area contributed by atoms with E-state index in [0.29, 0.717) is 0 Å². The van der Waals surface area contributed by atoms with Crippen LogP contribution in [0.25, 0.3) is 0 Å². The largest absolute Gasteiger partial charge is 2.00 e. The second kappa shape index (κ2) is 11.9. The fourth-order valence-corrected chi connectivity index (χ4v) is 0. The molecular formula is C2H8MgO4P2. The maximum atomic E-state index is 9.07. The zero-order valence-corrected chi connectivity index (χ0v) is 8.75. The molecule has 0 aliphatic carbocycles. The summed E-state index contributed by atoms with van der Waals surface area (Å²) in [5, 5.41) is 0. The number of hydrogen-bond acceptors (Lipinski definition) is 4. The monoisotopic (exact) mass is 182 g/mol. The van der Waals surface area contributed by atoms with E-state index >= 15 is 0 Å². The first kappa shape index (κ1) is 16.6. The molecule has 0 fully saturated rings. The molecule has 0 aliphatic rings. The molecule has 0 aliphatic heterocycles. The molecule has 0 heterocycles. The van der Waals surface area contributed by atoms with Gasteiger partial charge in [-0.05, 0) is 29.4 Å². The summed E-state index contributed by atoms with van der Waals surface area (Å²) in [5.41, 5.74) is 0. The smallest absolute Gasteiger partial charge is 0.802 e. The van der Waals surface area contributed by atoms with E-state index in [4.69, 9.17) is 18.9 Å². The predicted molar refractivity (Wildman–Crippen MR) is 35.6 cm³/mol. The van der Waals surface area contributed by atoms with E-state index in [0.717, 1.165) is 13.3 Å². The average molecular weight is 182 g/mol. The van der Waals surface area contributed by atoms with Crippen molar-refractivity contribution in [2.24, 2.45) is 0 Å². The maximum absolute atomic E-state index is 9.07. The van der Waals surface area contributed by atoms with Crippen molar-refractivity contribution in [3.63, 3.8) is 0 Å². The number of rotatable bonds is 0. The van der Waals surface area contributed by atoms with Crippen LogP contribution in [0.1, 0.15) is 0 Å². The Morgan fingerprint density at radius 1 is 1.00 bits per heavy atom. The van der Waals surface area contributed by atoms with Crippen LogP contribution in [0.4, 0.5) is 0 Å². The van der Waals surface area contributed by atoms with Crippen molar-refractivity contribution in [2.75, 3.05) is 13.3 Å². The molecule has 2 unspecified atom stereocenters. The summed E-state index contributed by atoms with van der Waals surface area (Å²) in [7, 11) is -4.76. The van der Waals surface area contributed by atoms with Gasteiger partial charge in [0, 0.05) is 0 Å². The van der Waals surface area contributed by atoms with Crippen molar-refractivity contribution in [3.05, 3.63) is 0 Å². The van der Waals surface area contributed by atoms with Crippen LogP contribution in [-0.2, 0) is 9.13 Å². The summed E-state index contributed by atoms with van der Waals surface area (Å²) in [6, 6.07) is 0. The standard InChI is InChI=1S/2CH5O2P.Mg/c2*1-4(2)3;/h2*4H,1H3,(H,2,3);/q;;+2/p-2. The van der Waals surface area contributed by atoms with Gasteiger partial charge in [0.1, 0.15) is 0 Å². The first-order valence-electron chi connectivity index (χ1n) is 1.82. The Morgan fingerprint density at radius 2 is 1.00 bits per heavy atom. The predicted octanol–water partition coefficient (Wildman–Crippen LogP) is -1.48. The van der Waals surface area contributed by atoms with Crippen LogP contribution >= 0.6 is 16.1 Å². The van der Waals surface area contributed by atoms with E-state index in [1.807, 2.05) is 0 Å². The summed E-state index contributed by atoms with van der Waals surface area (Å²) in [6.07, 6.45) is 0. The van der Waals surface area contributed by atoms with Gasteiger partial charge in [0.05, 0.1) is 0 Å². The first-order chi connectivity index (χ1) is 3.46. The quantitative estimate of drug-likeness (QED) is 0.338. The SMILES string of the molecule is C[PH](=O)[O-].C[PH](=O)[O-].[Mg+2]. The average Bonchev–Trinajstić information content (AvgIpc) is 1.25. The van der Waals surface area contributed by atoms with Crippen molar-refractivity contribution >= 4 is 39.1 Å². The molecule has 52 valence electrons. The molecule has 0 saturated heterocycles. The summed E-state index contributed by atoms with van der Waals surface area (Å²) in [5.74, 6) is 0. The van der Waals surface area contributed by atoms with Crippen LogP contribution in [0.5, 0.6) is 0 Å². The topological polar surface area (TPSA) is 80.3 Å². The molecule has 0 rings (SSSR count). The molecule has 0 bridgehead atoms. The Bertz CT molecular complexity index is 74.6. The van der Waals surface area contributed by atoms with Gasteiger partial charge in [0.15, 0.2) is 0 Å². The van der Waals surface area contributed by atoms with Crippen molar-refractivity contribution in [1.82, 2.24) is 0 Å². The van der Waals surface area contributed by atoms with Gasteiger partial charge < -0.3 is 18.9 Å². The van der Waals surface area contributed by atoms with Crippen molar-refractivity contribution in [1.29, 1.82) is 0 Å². The van der Waals surface area contributed by atoms with Gasteiger partial charge in [0.2, 0.25) is 0 Å². The van der Waals surface area contributed by atoms with E-state index in [1.54, 1.807) is 0 Å². The Labute approximate surface area is 71.6 Å². The van der Waals surface area contributed by atoms with Crippen LogP contribution in [0, 0.1) is 0 Å². The fraction of sp³-hybridized carbons (Fsp3) is 1.00. The molecule has 0 aromatic rings. The summed E-state index contributed by atoms with van der Waals surface area (Å²) < 4.78 is 18.1. The Morgan fingerprint density at radius 3 is 1.00 bits per heavy atom. The van der Waals surface area contributed by atoms with Gasteiger partial charge in [-0.3, -0.25) is 0 Å². The maximum Gasteiger partial charge on any atom is 2.00 e. The van der Waals surface area contributed by atoms with Gasteiger partial charge in [-0.1, -0.05) is 0 Å². The van der Waals surface area contributed by atoms with Gasteiger partial charge >= 0.3 is 23.1 Å². The molecule has 0 spiro atoms. The molecule has 7 heteroatoms. The summed E-state index contributed by atoms with van der Waals surface area (Å²) in [6.45, 7) is 2.31. The van der Waals surface area contributed by atoms with Crippen LogP contribution < -0.4 is 9.79 Å². The van der Waals surface area contributed by atoms with E-state index in [9.17, 15) is 0 Å². The molecule has 0 aromatic heterocycles. The van der Waals surface area contributed by atoms with Gasteiger partial charge in [-0.15, -0.1) is 0 Å². The van der Waals surface area contributed by atoms with Crippen LogP contribution in [0.2, 0.25) is 0 Å². The fourth-order valence-electron chi connectivity index (χ4n) is 0. The molecule has 0 radical (unpaired) electrons. The van der Waals surface area contributed by atoms with Crippen molar-refractivity contribution in [2.45, 2.75) is 0 Å². The molecule has 2 atom stereocenters. The third-order valence-corrected chi connectivity index (χ3v) is 0. The Kier molecular flexibility index (Phi) is 21.9. The van der Waals surface area contributed by atoms with Crippen molar-refractivity contribution < 1.29 is 18.9 Å². The Balaban J connectivity index is -0.0000000720. The van der Waals surface area contributed by atoms with Gasteiger partial charge in [-0.2, -0.15) is 0 Å². The molecule has 0 N–H and O–H groups in total. The molecule has 0 aromatic carbocycles. The van der Waals surface area contributed by atoms with Crippen LogP contribution in [-0.4, -0.2) is 36.4 Å². The minimum Gasteiger partial charge on any atom is -0.802 e. The second-order valence-corrected chi connectivity index (χ2v) is 2.95. The van der Waals surface area contributed by atoms with Crippen LogP contribution in [0.15, 0.2) is 0 Å². The van der Waals surface area contributed by atoms with Gasteiger partial charge in [0.25, 0.3) is 0 Å². The zero-order valence-electron chi connectivity index (χ0n) is 5.34.